The van der Waals surface area contributed by atoms with E-state index in [2.05, 4.69) is 38.3 Å². The van der Waals surface area contributed by atoms with Crippen LogP contribution in [0.5, 0.6) is 0 Å². The SMILES string of the molecule is C[C@@H](CN1CCCC1)NC(=O)N1CCN(c2cc(-c3ccc(C#N)cc3)[nH]n2)CC1. The molecule has 30 heavy (non-hydrogen) atoms. The number of benzene rings is 1. The van der Waals surface area contributed by atoms with Gasteiger partial charge in [-0.1, -0.05) is 12.1 Å². The molecule has 2 saturated heterocycles. The molecule has 1 atom stereocenters. The molecule has 2 fully saturated rings. The lowest BCUT2D eigenvalue weighted by atomic mass is 10.1. The van der Waals surface area contributed by atoms with Gasteiger partial charge in [-0.2, -0.15) is 10.4 Å². The van der Waals surface area contributed by atoms with Crippen LogP contribution < -0.4 is 10.2 Å². The Morgan fingerprint density at radius 3 is 2.53 bits per heavy atom. The van der Waals surface area contributed by atoms with Gasteiger partial charge in [0.2, 0.25) is 0 Å². The number of rotatable bonds is 5. The Morgan fingerprint density at radius 1 is 1.17 bits per heavy atom. The van der Waals surface area contributed by atoms with E-state index in [0.29, 0.717) is 18.7 Å². The van der Waals surface area contributed by atoms with E-state index < -0.39 is 0 Å². The van der Waals surface area contributed by atoms with E-state index in [0.717, 1.165) is 49.8 Å². The van der Waals surface area contributed by atoms with Crippen molar-refractivity contribution in [3.05, 3.63) is 35.9 Å². The summed E-state index contributed by atoms with van der Waals surface area (Å²) < 4.78 is 0. The molecule has 0 spiro atoms. The van der Waals surface area contributed by atoms with Crippen molar-refractivity contribution in [2.75, 3.05) is 50.7 Å². The van der Waals surface area contributed by atoms with Crippen LogP contribution in [0.2, 0.25) is 0 Å². The number of H-pyrrole nitrogens is 1. The maximum atomic E-state index is 12.6. The summed E-state index contributed by atoms with van der Waals surface area (Å²) in [6, 6.07) is 11.8. The molecule has 3 heterocycles. The molecular weight excluding hydrogens is 378 g/mol. The number of urea groups is 1. The Bertz CT molecular complexity index is 887. The molecule has 4 rings (SSSR count). The van der Waals surface area contributed by atoms with Crippen molar-refractivity contribution in [1.82, 2.24) is 25.3 Å². The molecule has 2 amide bonds. The molecule has 0 saturated carbocycles. The molecule has 158 valence electrons. The quantitative estimate of drug-likeness (QED) is 0.793. The smallest absolute Gasteiger partial charge is 0.317 e. The third-order valence-electron chi connectivity index (χ3n) is 5.88. The molecule has 1 aromatic heterocycles. The van der Waals surface area contributed by atoms with Crippen LogP contribution in [0.3, 0.4) is 0 Å². The van der Waals surface area contributed by atoms with E-state index in [1.54, 1.807) is 12.1 Å². The summed E-state index contributed by atoms with van der Waals surface area (Å²) in [6.07, 6.45) is 2.53. The number of aromatic amines is 1. The number of anilines is 1. The van der Waals surface area contributed by atoms with Gasteiger partial charge in [0.1, 0.15) is 0 Å². The zero-order valence-electron chi connectivity index (χ0n) is 17.5. The van der Waals surface area contributed by atoms with E-state index in [9.17, 15) is 4.79 Å². The number of hydrogen-bond donors (Lipinski definition) is 2. The van der Waals surface area contributed by atoms with Gasteiger partial charge in [-0.3, -0.25) is 5.10 Å². The Labute approximate surface area is 177 Å². The number of nitriles is 1. The summed E-state index contributed by atoms with van der Waals surface area (Å²) in [6.45, 7) is 8.18. The highest BCUT2D eigenvalue weighted by Crippen LogP contribution is 2.23. The Kier molecular flexibility index (Phi) is 6.19. The minimum Gasteiger partial charge on any atom is -0.352 e. The molecule has 2 N–H and O–H groups in total. The average molecular weight is 408 g/mol. The van der Waals surface area contributed by atoms with Crippen molar-refractivity contribution in [3.8, 4) is 17.3 Å². The number of amides is 2. The van der Waals surface area contributed by atoms with E-state index in [1.807, 2.05) is 23.1 Å². The third-order valence-corrected chi connectivity index (χ3v) is 5.88. The Balaban J connectivity index is 1.27. The van der Waals surface area contributed by atoms with Gasteiger partial charge in [0.05, 0.1) is 17.3 Å². The number of nitrogens with zero attached hydrogens (tertiary/aromatic N) is 5. The molecule has 8 heteroatoms. The number of piperazine rings is 1. The normalized spacial score (nSPS) is 18.3. The predicted octanol–water partition coefficient (Wildman–Crippen LogP) is 2.26. The number of carbonyl (C=O) groups is 1. The van der Waals surface area contributed by atoms with E-state index in [-0.39, 0.29) is 12.1 Å². The van der Waals surface area contributed by atoms with Gasteiger partial charge in [-0.15, -0.1) is 0 Å². The van der Waals surface area contributed by atoms with Crippen LogP contribution in [0.15, 0.2) is 30.3 Å². The highest BCUT2D eigenvalue weighted by Gasteiger charge is 2.24. The van der Waals surface area contributed by atoms with Gasteiger partial charge in [-0.25, -0.2) is 4.79 Å². The topological polar surface area (TPSA) is 91.3 Å². The molecule has 2 aliphatic rings. The first kappa shape index (κ1) is 20.2. The lowest BCUT2D eigenvalue weighted by molar-refractivity contribution is 0.187. The summed E-state index contributed by atoms with van der Waals surface area (Å²) in [5, 5.41) is 19.6. The monoisotopic (exact) mass is 407 g/mol. The summed E-state index contributed by atoms with van der Waals surface area (Å²) >= 11 is 0. The van der Waals surface area contributed by atoms with Crippen molar-refractivity contribution in [2.45, 2.75) is 25.8 Å². The number of likely N-dealkylation sites (tertiary alicyclic amines) is 1. The molecule has 8 nitrogen and oxygen atoms in total. The third kappa shape index (κ3) is 4.74. The first-order valence-corrected chi connectivity index (χ1v) is 10.7. The highest BCUT2D eigenvalue weighted by molar-refractivity contribution is 5.75. The zero-order valence-corrected chi connectivity index (χ0v) is 17.5. The minimum atomic E-state index is 0.0293. The van der Waals surface area contributed by atoms with Gasteiger partial charge in [-0.05, 0) is 50.6 Å². The van der Waals surface area contributed by atoms with Crippen LogP contribution in [0, 0.1) is 11.3 Å². The zero-order chi connectivity index (χ0) is 20.9. The highest BCUT2D eigenvalue weighted by atomic mass is 16.2. The van der Waals surface area contributed by atoms with Gasteiger partial charge in [0, 0.05) is 44.8 Å². The van der Waals surface area contributed by atoms with E-state index >= 15 is 0 Å². The second kappa shape index (κ2) is 9.18. The predicted molar refractivity (Wildman–Crippen MR) is 116 cm³/mol. The molecule has 2 aliphatic heterocycles. The van der Waals surface area contributed by atoms with Gasteiger partial charge in [0.25, 0.3) is 0 Å². The second-order valence-corrected chi connectivity index (χ2v) is 8.16. The fraction of sp³-hybridized carbons (Fsp3) is 0.500. The molecule has 0 radical (unpaired) electrons. The van der Waals surface area contributed by atoms with Crippen molar-refractivity contribution in [1.29, 1.82) is 5.26 Å². The Morgan fingerprint density at radius 2 is 1.87 bits per heavy atom. The fourth-order valence-corrected chi connectivity index (χ4v) is 4.18. The maximum absolute atomic E-state index is 12.6. The first-order valence-electron chi connectivity index (χ1n) is 10.7. The standard InChI is InChI=1S/C22H29N7O/c1-17(16-27-8-2-3-9-27)24-22(30)29-12-10-28(11-13-29)21-14-20(25-26-21)19-6-4-18(15-23)5-7-19/h4-7,14,17H,2-3,8-13,16H2,1H3,(H,24,30)(H,25,26)/t17-/m0/s1. The van der Waals surface area contributed by atoms with Crippen LogP contribution in [0.4, 0.5) is 10.6 Å². The molecular formula is C22H29N7O. The summed E-state index contributed by atoms with van der Waals surface area (Å²) in [7, 11) is 0. The Hall–Kier alpha value is -3.05. The molecule has 0 aliphatic carbocycles. The van der Waals surface area contributed by atoms with E-state index in [1.165, 1.54) is 12.8 Å². The lowest BCUT2D eigenvalue weighted by Crippen LogP contribution is -2.54. The molecule has 0 unspecified atom stereocenters. The van der Waals surface area contributed by atoms with Crippen molar-refractivity contribution < 1.29 is 4.79 Å². The second-order valence-electron chi connectivity index (χ2n) is 8.16. The van der Waals surface area contributed by atoms with Gasteiger partial charge in [0.15, 0.2) is 5.82 Å². The van der Waals surface area contributed by atoms with Crippen molar-refractivity contribution in [3.63, 3.8) is 0 Å². The average Bonchev–Trinajstić information content (AvgIpc) is 3.46. The number of hydrogen-bond acceptors (Lipinski definition) is 5. The van der Waals surface area contributed by atoms with Crippen LogP contribution in [0.25, 0.3) is 11.3 Å². The lowest BCUT2D eigenvalue weighted by Gasteiger charge is -2.35. The van der Waals surface area contributed by atoms with E-state index in [4.69, 9.17) is 5.26 Å². The summed E-state index contributed by atoms with van der Waals surface area (Å²) in [4.78, 5) is 19.1. The van der Waals surface area contributed by atoms with Gasteiger partial charge < -0.3 is 20.0 Å². The summed E-state index contributed by atoms with van der Waals surface area (Å²) in [5.41, 5.74) is 2.56. The van der Waals surface area contributed by atoms with Crippen molar-refractivity contribution >= 4 is 11.8 Å². The van der Waals surface area contributed by atoms with Crippen LogP contribution in [0.1, 0.15) is 25.3 Å². The number of carbonyl (C=O) groups excluding carboxylic acids is 1. The van der Waals surface area contributed by atoms with Crippen LogP contribution in [-0.4, -0.2) is 77.9 Å². The van der Waals surface area contributed by atoms with Crippen LogP contribution >= 0.6 is 0 Å². The molecule has 0 bridgehead atoms. The molecule has 1 aromatic carbocycles. The first-order chi connectivity index (χ1) is 14.6. The fourth-order valence-electron chi connectivity index (χ4n) is 4.18. The molecule has 2 aromatic rings. The number of nitrogens with one attached hydrogen (secondary N) is 2. The van der Waals surface area contributed by atoms with Gasteiger partial charge >= 0.3 is 6.03 Å². The largest absolute Gasteiger partial charge is 0.352 e. The number of aromatic nitrogens is 2. The van der Waals surface area contributed by atoms with Crippen molar-refractivity contribution in [2.24, 2.45) is 0 Å². The maximum Gasteiger partial charge on any atom is 0.317 e. The summed E-state index contributed by atoms with van der Waals surface area (Å²) in [5.74, 6) is 0.886. The van der Waals surface area contributed by atoms with Crippen LogP contribution in [-0.2, 0) is 0 Å². The minimum absolute atomic E-state index is 0.0293.